The first-order chi connectivity index (χ1) is 9.24. The summed E-state index contributed by atoms with van der Waals surface area (Å²) in [6, 6.07) is 11.2. The van der Waals surface area contributed by atoms with Crippen LogP contribution < -0.4 is 5.32 Å². The van der Waals surface area contributed by atoms with Crippen LogP contribution in [0.25, 0.3) is 0 Å². The van der Waals surface area contributed by atoms with Crippen molar-refractivity contribution in [3.8, 4) is 12.3 Å². The molecule has 0 heterocycles. The second-order valence-electron chi connectivity index (χ2n) is 5.29. The van der Waals surface area contributed by atoms with Crippen molar-refractivity contribution >= 4 is 0 Å². The van der Waals surface area contributed by atoms with Gasteiger partial charge in [0, 0.05) is 18.4 Å². The molecule has 1 heteroatoms. The fraction of sp³-hybridized carbons (Fsp3) is 0.556. The minimum absolute atomic E-state index is 0.377. The Hall–Kier alpha value is -1.26. The Morgan fingerprint density at radius 1 is 1.21 bits per heavy atom. The molecule has 1 N–H and O–H groups in total. The van der Waals surface area contributed by atoms with Crippen LogP contribution in [0.4, 0.5) is 0 Å². The third kappa shape index (κ3) is 4.73. The Labute approximate surface area is 118 Å². The van der Waals surface area contributed by atoms with Crippen molar-refractivity contribution < 1.29 is 0 Å². The highest BCUT2D eigenvalue weighted by atomic mass is 14.9. The Balaban J connectivity index is 2.96. The zero-order valence-corrected chi connectivity index (χ0v) is 12.5. The minimum atomic E-state index is 0.377. The molecule has 0 aromatic heterocycles. The summed E-state index contributed by atoms with van der Waals surface area (Å²) in [6.45, 7) is 7.81. The zero-order valence-electron chi connectivity index (χ0n) is 12.5. The monoisotopic (exact) mass is 257 g/mol. The largest absolute Gasteiger partial charge is 0.312 e. The number of nitrogens with one attached hydrogen (secondary N) is 1. The predicted octanol–water partition coefficient (Wildman–Crippen LogP) is 4.21. The van der Waals surface area contributed by atoms with Gasteiger partial charge in [0.2, 0.25) is 0 Å². The first-order valence-corrected chi connectivity index (χ1v) is 7.46. The molecular weight excluding hydrogens is 230 g/mol. The molecule has 0 aliphatic heterocycles. The first kappa shape index (κ1) is 15.8. The van der Waals surface area contributed by atoms with E-state index in [4.69, 9.17) is 6.42 Å². The lowest BCUT2D eigenvalue weighted by atomic mass is 9.79. The van der Waals surface area contributed by atoms with Gasteiger partial charge in [-0.25, -0.2) is 0 Å². The summed E-state index contributed by atoms with van der Waals surface area (Å²) < 4.78 is 0. The number of hydrogen-bond acceptors (Lipinski definition) is 1. The van der Waals surface area contributed by atoms with Crippen LogP contribution in [0.15, 0.2) is 30.3 Å². The smallest absolute Gasteiger partial charge is 0.0248 e. The van der Waals surface area contributed by atoms with Crippen LogP contribution in [0.2, 0.25) is 0 Å². The quantitative estimate of drug-likeness (QED) is 0.688. The van der Waals surface area contributed by atoms with Gasteiger partial charge in [0.1, 0.15) is 0 Å². The van der Waals surface area contributed by atoms with Crippen LogP contribution in [0.3, 0.4) is 0 Å². The third-order valence-corrected chi connectivity index (χ3v) is 3.87. The number of rotatable bonds is 8. The molecule has 0 fully saturated rings. The van der Waals surface area contributed by atoms with Gasteiger partial charge >= 0.3 is 0 Å². The molecule has 19 heavy (non-hydrogen) atoms. The van der Waals surface area contributed by atoms with Gasteiger partial charge < -0.3 is 5.32 Å². The molecule has 0 saturated heterocycles. The zero-order chi connectivity index (χ0) is 14.1. The van der Waals surface area contributed by atoms with Crippen molar-refractivity contribution in [1.82, 2.24) is 5.32 Å². The molecule has 3 atom stereocenters. The second kappa shape index (κ2) is 8.77. The van der Waals surface area contributed by atoms with Gasteiger partial charge in [-0.05, 0) is 24.4 Å². The van der Waals surface area contributed by atoms with Gasteiger partial charge in [-0.15, -0.1) is 12.3 Å². The molecule has 1 nitrogen and oxygen atoms in total. The maximum absolute atomic E-state index is 5.57. The van der Waals surface area contributed by atoms with E-state index in [1.807, 2.05) is 0 Å². The van der Waals surface area contributed by atoms with Crippen LogP contribution in [0, 0.1) is 18.3 Å². The summed E-state index contributed by atoms with van der Waals surface area (Å²) in [6.07, 6.45) is 8.68. The molecular formula is C18H27N. The van der Waals surface area contributed by atoms with E-state index < -0.39 is 0 Å². The molecule has 0 bridgehead atoms. The Morgan fingerprint density at radius 3 is 2.42 bits per heavy atom. The van der Waals surface area contributed by atoms with Crippen LogP contribution in [0.5, 0.6) is 0 Å². The summed E-state index contributed by atoms with van der Waals surface area (Å²) in [7, 11) is 0. The summed E-state index contributed by atoms with van der Waals surface area (Å²) in [5.41, 5.74) is 1.40. The van der Waals surface area contributed by atoms with Crippen LogP contribution in [0.1, 0.15) is 51.5 Å². The van der Waals surface area contributed by atoms with Gasteiger partial charge in [0.25, 0.3) is 0 Å². The van der Waals surface area contributed by atoms with Gasteiger partial charge in [-0.1, -0.05) is 57.5 Å². The van der Waals surface area contributed by atoms with Crippen molar-refractivity contribution in [2.45, 2.75) is 52.0 Å². The third-order valence-electron chi connectivity index (χ3n) is 3.87. The van der Waals surface area contributed by atoms with Crippen molar-refractivity contribution in [2.24, 2.45) is 5.92 Å². The molecule has 104 valence electrons. The first-order valence-electron chi connectivity index (χ1n) is 7.46. The molecule has 3 unspecified atom stereocenters. The maximum Gasteiger partial charge on any atom is 0.0248 e. The summed E-state index contributed by atoms with van der Waals surface area (Å²) in [5, 5.41) is 3.64. The molecule has 0 spiro atoms. The normalized spacial score (nSPS) is 15.5. The lowest BCUT2D eigenvalue weighted by molar-refractivity contribution is 0.338. The Bertz CT molecular complexity index is 376. The predicted molar refractivity (Wildman–Crippen MR) is 84.2 cm³/mol. The van der Waals surface area contributed by atoms with E-state index in [1.165, 1.54) is 12.0 Å². The molecule has 0 aliphatic rings. The fourth-order valence-corrected chi connectivity index (χ4v) is 2.67. The highest BCUT2D eigenvalue weighted by Crippen LogP contribution is 2.31. The van der Waals surface area contributed by atoms with Crippen molar-refractivity contribution in [3.63, 3.8) is 0 Å². The van der Waals surface area contributed by atoms with Crippen molar-refractivity contribution in [2.75, 3.05) is 6.54 Å². The molecule has 1 rings (SSSR count). The lowest BCUT2D eigenvalue weighted by Gasteiger charge is -2.32. The molecule has 1 aromatic rings. The van der Waals surface area contributed by atoms with Crippen LogP contribution >= 0.6 is 0 Å². The van der Waals surface area contributed by atoms with E-state index >= 15 is 0 Å². The summed E-state index contributed by atoms with van der Waals surface area (Å²) in [4.78, 5) is 0. The second-order valence-corrected chi connectivity index (χ2v) is 5.29. The lowest BCUT2D eigenvalue weighted by Crippen LogP contribution is -2.38. The van der Waals surface area contributed by atoms with Gasteiger partial charge in [-0.2, -0.15) is 0 Å². The number of benzene rings is 1. The van der Waals surface area contributed by atoms with Crippen LogP contribution in [-0.4, -0.2) is 12.6 Å². The van der Waals surface area contributed by atoms with Gasteiger partial charge in [0.15, 0.2) is 0 Å². The Kier molecular flexibility index (Phi) is 7.30. The highest BCUT2D eigenvalue weighted by Gasteiger charge is 2.26. The topological polar surface area (TPSA) is 12.0 Å². The van der Waals surface area contributed by atoms with Crippen LogP contribution in [-0.2, 0) is 0 Å². The molecule has 0 aliphatic carbocycles. The van der Waals surface area contributed by atoms with Crippen molar-refractivity contribution in [3.05, 3.63) is 35.9 Å². The number of hydrogen-bond donors (Lipinski definition) is 1. The van der Waals surface area contributed by atoms with E-state index in [0.29, 0.717) is 17.9 Å². The van der Waals surface area contributed by atoms with E-state index in [0.717, 1.165) is 19.4 Å². The average Bonchev–Trinajstić information content (AvgIpc) is 2.46. The maximum atomic E-state index is 5.57. The Morgan fingerprint density at radius 2 is 1.89 bits per heavy atom. The van der Waals surface area contributed by atoms with Gasteiger partial charge in [0.05, 0.1) is 0 Å². The number of terminal acetylenes is 1. The van der Waals surface area contributed by atoms with E-state index in [1.54, 1.807) is 0 Å². The molecule has 0 saturated carbocycles. The van der Waals surface area contributed by atoms with E-state index in [-0.39, 0.29) is 0 Å². The average molecular weight is 257 g/mol. The van der Waals surface area contributed by atoms with Crippen molar-refractivity contribution in [1.29, 1.82) is 0 Å². The standard InChI is InChI=1S/C18H27N/c1-5-11-17(19-14-6-2)18(15(4)7-3)16-12-9-8-10-13-16/h1,8-10,12-13,15,17-19H,6-7,11,14H2,2-4H3. The summed E-state index contributed by atoms with van der Waals surface area (Å²) in [5.74, 6) is 3.97. The minimum Gasteiger partial charge on any atom is -0.312 e. The summed E-state index contributed by atoms with van der Waals surface area (Å²) >= 11 is 0. The van der Waals surface area contributed by atoms with E-state index in [2.05, 4.69) is 62.3 Å². The SMILES string of the molecule is C#CCC(NCCC)C(c1ccccc1)C(C)CC. The van der Waals surface area contributed by atoms with Gasteiger partial charge in [-0.3, -0.25) is 0 Å². The molecule has 0 radical (unpaired) electrons. The highest BCUT2D eigenvalue weighted by molar-refractivity contribution is 5.23. The fourth-order valence-electron chi connectivity index (χ4n) is 2.67. The van der Waals surface area contributed by atoms with E-state index in [9.17, 15) is 0 Å². The molecule has 0 amide bonds. The molecule has 1 aromatic carbocycles.